The monoisotopic (exact) mass is 373 g/mol. The van der Waals surface area contributed by atoms with Crippen LogP contribution in [-0.2, 0) is 11.8 Å². The average molecular weight is 374 g/mol. The highest BCUT2D eigenvalue weighted by Crippen LogP contribution is 2.31. The molecule has 2 aromatic rings. The first-order chi connectivity index (χ1) is 10.3. The highest BCUT2D eigenvalue weighted by molar-refractivity contribution is 9.10. The Morgan fingerprint density at radius 1 is 1.45 bits per heavy atom. The predicted octanol–water partition coefficient (Wildman–Crippen LogP) is 2.62. The zero-order valence-corrected chi connectivity index (χ0v) is 13.5. The van der Waals surface area contributed by atoms with E-state index in [1.54, 1.807) is 42.1 Å². The summed E-state index contributed by atoms with van der Waals surface area (Å²) in [6.45, 7) is 0. The van der Waals surface area contributed by atoms with Crippen LogP contribution in [0, 0.1) is 0 Å². The SMILES string of the molecule is COc1ccccc1C(NC(=O)C(F)(F)Br)c1nccn1C. The Balaban J connectivity index is 2.47. The van der Waals surface area contributed by atoms with Crippen molar-refractivity contribution in [1.82, 2.24) is 14.9 Å². The third kappa shape index (κ3) is 3.44. The van der Waals surface area contributed by atoms with Crippen LogP contribution in [0.5, 0.6) is 5.75 Å². The Labute approximate surface area is 134 Å². The molecule has 8 heteroatoms. The van der Waals surface area contributed by atoms with E-state index in [0.717, 1.165) is 0 Å². The molecule has 0 saturated carbocycles. The second-order valence-corrected chi connectivity index (χ2v) is 5.54. The summed E-state index contributed by atoms with van der Waals surface area (Å²) >= 11 is 2.06. The van der Waals surface area contributed by atoms with Crippen LogP contribution in [0.2, 0.25) is 0 Å². The molecule has 22 heavy (non-hydrogen) atoms. The van der Waals surface area contributed by atoms with Crippen LogP contribution in [0.4, 0.5) is 8.78 Å². The smallest absolute Gasteiger partial charge is 0.377 e. The maximum Gasteiger partial charge on any atom is 0.377 e. The Morgan fingerprint density at radius 3 is 2.68 bits per heavy atom. The van der Waals surface area contributed by atoms with Crippen molar-refractivity contribution in [3.05, 3.63) is 48.0 Å². The van der Waals surface area contributed by atoms with Crippen molar-refractivity contribution in [1.29, 1.82) is 0 Å². The normalized spacial score (nSPS) is 12.8. The molecule has 1 unspecified atom stereocenters. The van der Waals surface area contributed by atoms with Gasteiger partial charge in [0.1, 0.15) is 17.6 Å². The first-order valence-corrected chi connectivity index (χ1v) is 7.11. The number of ether oxygens (including phenoxy) is 1. The number of alkyl halides is 3. The fourth-order valence-electron chi connectivity index (χ4n) is 2.05. The number of imidazole rings is 1. The molecule has 2 rings (SSSR count). The number of carbonyl (C=O) groups is 1. The standard InChI is InChI=1S/C14H14BrF2N3O2/c1-20-8-7-18-12(20)11(19-13(21)14(15,16)17)9-5-3-4-6-10(9)22-2/h3-8,11H,1-2H3,(H,19,21). The van der Waals surface area contributed by atoms with Gasteiger partial charge in [0, 0.05) is 40.9 Å². The zero-order valence-electron chi connectivity index (χ0n) is 11.9. The van der Waals surface area contributed by atoms with E-state index in [1.807, 2.05) is 0 Å². The number of halogens is 3. The number of hydrogen-bond donors (Lipinski definition) is 1. The lowest BCUT2D eigenvalue weighted by atomic mass is 10.0. The van der Waals surface area contributed by atoms with Gasteiger partial charge < -0.3 is 14.6 Å². The van der Waals surface area contributed by atoms with Crippen LogP contribution in [0.25, 0.3) is 0 Å². The van der Waals surface area contributed by atoms with Crippen LogP contribution < -0.4 is 10.1 Å². The molecule has 1 amide bonds. The van der Waals surface area contributed by atoms with Gasteiger partial charge in [-0.1, -0.05) is 18.2 Å². The number of nitrogens with zero attached hydrogens (tertiary/aromatic N) is 2. The second-order valence-electron chi connectivity index (χ2n) is 4.54. The van der Waals surface area contributed by atoms with Crippen molar-refractivity contribution in [3.63, 3.8) is 0 Å². The molecule has 0 bridgehead atoms. The van der Waals surface area contributed by atoms with Gasteiger partial charge >= 0.3 is 10.7 Å². The third-order valence-corrected chi connectivity index (χ3v) is 3.46. The predicted molar refractivity (Wildman–Crippen MR) is 80.1 cm³/mol. The summed E-state index contributed by atoms with van der Waals surface area (Å²) in [5.74, 6) is -0.574. The van der Waals surface area contributed by atoms with Gasteiger partial charge in [0.2, 0.25) is 0 Å². The highest BCUT2D eigenvalue weighted by atomic mass is 79.9. The maximum atomic E-state index is 13.2. The van der Waals surface area contributed by atoms with Crippen molar-refractivity contribution in [3.8, 4) is 5.75 Å². The van der Waals surface area contributed by atoms with E-state index in [-0.39, 0.29) is 0 Å². The van der Waals surface area contributed by atoms with Crippen LogP contribution in [0.3, 0.4) is 0 Å². The number of hydrogen-bond acceptors (Lipinski definition) is 3. The fraction of sp³-hybridized carbons (Fsp3) is 0.286. The Hall–Kier alpha value is -1.96. The van der Waals surface area contributed by atoms with Crippen LogP contribution in [0.15, 0.2) is 36.7 Å². The number of para-hydroxylation sites is 1. The van der Waals surface area contributed by atoms with E-state index in [1.165, 1.54) is 13.3 Å². The van der Waals surface area contributed by atoms with Gasteiger partial charge in [-0.15, -0.1) is 0 Å². The van der Waals surface area contributed by atoms with Gasteiger partial charge in [-0.25, -0.2) is 4.98 Å². The number of carbonyl (C=O) groups excluding carboxylic acids is 1. The van der Waals surface area contributed by atoms with E-state index in [2.05, 4.69) is 26.2 Å². The molecule has 5 nitrogen and oxygen atoms in total. The van der Waals surface area contributed by atoms with E-state index in [0.29, 0.717) is 17.1 Å². The quantitative estimate of drug-likeness (QED) is 0.819. The highest BCUT2D eigenvalue weighted by Gasteiger charge is 2.38. The summed E-state index contributed by atoms with van der Waals surface area (Å²) in [7, 11) is 3.18. The number of aromatic nitrogens is 2. The number of amides is 1. The van der Waals surface area contributed by atoms with E-state index in [4.69, 9.17) is 4.74 Å². The van der Waals surface area contributed by atoms with Crippen LogP contribution in [0.1, 0.15) is 17.4 Å². The lowest BCUT2D eigenvalue weighted by Crippen LogP contribution is -2.39. The summed E-state index contributed by atoms with van der Waals surface area (Å²) in [5.41, 5.74) is 0.532. The number of benzene rings is 1. The molecule has 0 aliphatic heterocycles. The summed E-state index contributed by atoms with van der Waals surface area (Å²) in [6, 6.07) is 5.98. The van der Waals surface area contributed by atoms with E-state index >= 15 is 0 Å². The van der Waals surface area contributed by atoms with Crippen molar-refractivity contribution in [2.45, 2.75) is 10.9 Å². The summed E-state index contributed by atoms with van der Waals surface area (Å²) in [4.78, 5) is 12.1. The fourth-order valence-corrected chi connectivity index (χ4v) is 2.17. The molecule has 1 atom stereocenters. The summed E-state index contributed by atoms with van der Waals surface area (Å²) in [6.07, 6.45) is 3.19. The molecule has 1 aromatic heterocycles. The molecule has 0 radical (unpaired) electrons. The first-order valence-electron chi connectivity index (χ1n) is 6.32. The second kappa shape index (κ2) is 6.43. The number of methoxy groups -OCH3 is 1. The molecular weight excluding hydrogens is 360 g/mol. The van der Waals surface area contributed by atoms with Crippen LogP contribution >= 0.6 is 15.9 Å². The molecule has 118 valence electrons. The topological polar surface area (TPSA) is 56.1 Å². The minimum absolute atomic E-state index is 0.412. The molecule has 1 N–H and O–H groups in total. The molecular formula is C14H14BrF2N3O2. The molecule has 1 heterocycles. The average Bonchev–Trinajstić information content (AvgIpc) is 2.89. The summed E-state index contributed by atoms with van der Waals surface area (Å²) in [5, 5.41) is 2.29. The molecule has 0 spiro atoms. The third-order valence-electron chi connectivity index (χ3n) is 3.10. The van der Waals surface area contributed by atoms with Gasteiger partial charge in [-0.2, -0.15) is 8.78 Å². The minimum Gasteiger partial charge on any atom is -0.496 e. The van der Waals surface area contributed by atoms with Crippen molar-refractivity contribution in [2.75, 3.05) is 7.11 Å². The van der Waals surface area contributed by atoms with Gasteiger partial charge in [0.05, 0.1) is 7.11 Å². The van der Waals surface area contributed by atoms with Gasteiger partial charge in [0.25, 0.3) is 0 Å². The number of nitrogens with one attached hydrogen (secondary N) is 1. The van der Waals surface area contributed by atoms with Crippen molar-refractivity contribution in [2.24, 2.45) is 7.05 Å². The lowest BCUT2D eigenvalue weighted by molar-refractivity contribution is -0.134. The van der Waals surface area contributed by atoms with Gasteiger partial charge in [0.15, 0.2) is 0 Å². The van der Waals surface area contributed by atoms with Crippen molar-refractivity contribution < 1.29 is 18.3 Å². The van der Waals surface area contributed by atoms with E-state index < -0.39 is 16.8 Å². The summed E-state index contributed by atoms with van der Waals surface area (Å²) < 4.78 is 33.2. The lowest BCUT2D eigenvalue weighted by Gasteiger charge is -2.22. The minimum atomic E-state index is -3.67. The Bertz CT molecular complexity index is 670. The van der Waals surface area contributed by atoms with Crippen LogP contribution in [-0.4, -0.2) is 27.4 Å². The molecule has 0 fully saturated rings. The van der Waals surface area contributed by atoms with E-state index in [9.17, 15) is 13.6 Å². The number of rotatable bonds is 5. The molecule has 1 aromatic carbocycles. The molecule has 0 saturated heterocycles. The first kappa shape index (κ1) is 16.4. The van der Waals surface area contributed by atoms with Gasteiger partial charge in [-0.05, 0) is 6.07 Å². The van der Waals surface area contributed by atoms with Crippen molar-refractivity contribution >= 4 is 21.8 Å². The zero-order chi connectivity index (χ0) is 16.3. The Morgan fingerprint density at radius 2 is 2.14 bits per heavy atom. The largest absolute Gasteiger partial charge is 0.496 e. The Kier molecular flexibility index (Phi) is 4.80. The molecule has 0 aliphatic rings. The molecule has 0 aliphatic carbocycles. The number of aryl methyl sites for hydroxylation is 1. The van der Waals surface area contributed by atoms with Gasteiger partial charge in [-0.3, -0.25) is 4.79 Å². The maximum absolute atomic E-state index is 13.2.